The van der Waals surface area contributed by atoms with Gasteiger partial charge in [0.2, 0.25) is 0 Å². The van der Waals surface area contributed by atoms with Gasteiger partial charge in [0.1, 0.15) is 11.3 Å². The third-order valence-electron chi connectivity index (χ3n) is 8.48. The first-order chi connectivity index (χ1) is 18.6. The first-order valence-electron chi connectivity index (χ1n) is 14.6. The van der Waals surface area contributed by atoms with Crippen molar-refractivity contribution in [3.8, 4) is 0 Å². The van der Waals surface area contributed by atoms with Crippen molar-refractivity contribution in [2.75, 3.05) is 72.4 Å². The number of piperidine rings is 2. The Balaban J connectivity index is 1.37. The van der Waals surface area contributed by atoms with E-state index < -0.39 is 0 Å². The average Bonchev–Trinajstić information content (AvgIpc) is 3.51. The molecule has 3 aromatic heterocycles. The SMILES string of the molecule is CCCCc1nc2c(N)nc3cc(C4CCN(CCOCCOC)CC4)sc3c2n1CC1CCN(C)CC1. The van der Waals surface area contributed by atoms with E-state index in [2.05, 4.69) is 34.4 Å². The van der Waals surface area contributed by atoms with E-state index in [1.165, 1.54) is 66.1 Å². The van der Waals surface area contributed by atoms with Gasteiger partial charge in [-0.25, -0.2) is 9.97 Å². The third kappa shape index (κ3) is 6.33. The fourth-order valence-corrected chi connectivity index (χ4v) is 7.37. The summed E-state index contributed by atoms with van der Waals surface area (Å²) in [6, 6.07) is 2.32. The van der Waals surface area contributed by atoms with E-state index in [-0.39, 0.29) is 0 Å². The zero-order chi connectivity index (χ0) is 26.5. The second-order valence-electron chi connectivity index (χ2n) is 11.3. The molecule has 3 aromatic rings. The Hall–Kier alpha value is -1.78. The molecule has 0 aliphatic carbocycles. The van der Waals surface area contributed by atoms with Crippen LogP contribution in [0, 0.1) is 5.92 Å². The van der Waals surface area contributed by atoms with Gasteiger partial charge in [0.15, 0.2) is 5.82 Å². The number of aryl methyl sites for hydroxylation is 1. The molecule has 8 nitrogen and oxygen atoms in total. The van der Waals surface area contributed by atoms with Crippen molar-refractivity contribution in [1.29, 1.82) is 0 Å². The Morgan fingerprint density at radius 1 is 1.05 bits per heavy atom. The molecule has 0 atom stereocenters. The number of hydrogen-bond donors (Lipinski definition) is 1. The molecule has 2 saturated heterocycles. The van der Waals surface area contributed by atoms with Crippen LogP contribution in [0.5, 0.6) is 0 Å². The zero-order valence-corrected chi connectivity index (χ0v) is 24.4. The predicted octanol–water partition coefficient (Wildman–Crippen LogP) is 4.76. The van der Waals surface area contributed by atoms with E-state index in [9.17, 15) is 0 Å². The molecule has 5 heterocycles. The summed E-state index contributed by atoms with van der Waals surface area (Å²) in [5, 5.41) is 0. The molecular formula is C29H46N6O2S. The molecule has 9 heteroatoms. The smallest absolute Gasteiger partial charge is 0.152 e. The maximum absolute atomic E-state index is 6.55. The summed E-state index contributed by atoms with van der Waals surface area (Å²) in [6.45, 7) is 11.0. The first kappa shape index (κ1) is 27.8. The number of nitrogen functional groups attached to an aromatic ring is 1. The highest BCUT2D eigenvalue weighted by Gasteiger charge is 2.26. The normalized spacial score (nSPS) is 18.8. The Kier molecular flexibility index (Phi) is 9.54. The van der Waals surface area contributed by atoms with E-state index in [1.807, 2.05) is 11.3 Å². The van der Waals surface area contributed by atoms with Crippen molar-refractivity contribution in [3.63, 3.8) is 0 Å². The summed E-state index contributed by atoms with van der Waals surface area (Å²) >= 11 is 1.94. The highest BCUT2D eigenvalue weighted by Crippen LogP contribution is 2.40. The van der Waals surface area contributed by atoms with Crippen LogP contribution < -0.4 is 5.73 Å². The molecule has 0 saturated carbocycles. The molecule has 0 aromatic carbocycles. The molecule has 2 fully saturated rings. The van der Waals surface area contributed by atoms with Gasteiger partial charge in [-0.2, -0.15) is 0 Å². The number of hydrogen-bond acceptors (Lipinski definition) is 8. The van der Waals surface area contributed by atoms with Gasteiger partial charge in [-0.1, -0.05) is 13.3 Å². The average molecular weight is 543 g/mol. The molecule has 0 bridgehead atoms. The monoisotopic (exact) mass is 542 g/mol. The number of anilines is 1. The number of nitrogens with zero attached hydrogens (tertiary/aromatic N) is 5. The van der Waals surface area contributed by atoms with Crippen molar-refractivity contribution in [1.82, 2.24) is 24.3 Å². The molecule has 2 aliphatic heterocycles. The molecule has 0 unspecified atom stereocenters. The Morgan fingerprint density at radius 2 is 1.84 bits per heavy atom. The van der Waals surface area contributed by atoms with Crippen LogP contribution in [0.15, 0.2) is 6.07 Å². The lowest BCUT2D eigenvalue weighted by Crippen LogP contribution is -2.35. The Morgan fingerprint density at radius 3 is 2.58 bits per heavy atom. The highest BCUT2D eigenvalue weighted by atomic mass is 32.1. The van der Waals surface area contributed by atoms with Crippen molar-refractivity contribution in [2.45, 2.75) is 64.3 Å². The van der Waals surface area contributed by atoms with Gasteiger partial charge in [0.25, 0.3) is 0 Å². The van der Waals surface area contributed by atoms with E-state index in [0.717, 1.165) is 56.7 Å². The zero-order valence-electron chi connectivity index (χ0n) is 23.6. The van der Waals surface area contributed by atoms with Gasteiger partial charge in [-0.05, 0) is 83.2 Å². The topological polar surface area (TPSA) is 81.7 Å². The maximum atomic E-state index is 6.55. The van der Waals surface area contributed by atoms with Crippen LogP contribution in [-0.2, 0) is 22.4 Å². The maximum Gasteiger partial charge on any atom is 0.152 e. The van der Waals surface area contributed by atoms with E-state index in [1.54, 1.807) is 7.11 Å². The summed E-state index contributed by atoms with van der Waals surface area (Å²) in [5.74, 6) is 3.05. The number of nitrogens with two attached hydrogens (primary N) is 1. The molecule has 0 amide bonds. The lowest BCUT2D eigenvalue weighted by Gasteiger charge is -2.31. The summed E-state index contributed by atoms with van der Waals surface area (Å²) in [5.41, 5.74) is 9.75. The van der Waals surface area contributed by atoms with Crippen molar-refractivity contribution >= 4 is 38.4 Å². The number of imidazole rings is 1. The predicted molar refractivity (Wildman–Crippen MR) is 157 cm³/mol. The number of unbranched alkanes of at least 4 members (excludes halogenated alkanes) is 1. The third-order valence-corrected chi connectivity index (χ3v) is 9.78. The minimum absolute atomic E-state index is 0.583. The van der Waals surface area contributed by atoms with Gasteiger partial charge in [0.05, 0.1) is 35.6 Å². The quantitative estimate of drug-likeness (QED) is 0.331. The van der Waals surface area contributed by atoms with Crippen LogP contribution in [0.3, 0.4) is 0 Å². The first-order valence-corrected chi connectivity index (χ1v) is 15.4. The van der Waals surface area contributed by atoms with Crippen LogP contribution in [0.1, 0.15) is 62.1 Å². The largest absolute Gasteiger partial charge is 0.382 e. The van der Waals surface area contributed by atoms with E-state index in [0.29, 0.717) is 30.9 Å². The number of aromatic nitrogens is 3. The second-order valence-corrected chi connectivity index (χ2v) is 12.4. The summed E-state index contributed by atoms with van der Waals surface area (Å²) in [6.07, 6.45) is 8.18. The molecule has 210 valence electrons. The molecule has 0 radical (unpaired) electrons. The summed E-state index contributed by atoms with van der Waals surface area (Å²) < 4.78 is 14.6. The molecule has 2 N–H and O–H groups in total. The van der Waals surface area contributed by atoms with Gasteiger partial charge < -0.3 is 29.6 Å². The summed E-state index contributed by atoms with van der Waals surface area (Å²) in [4.78, 5) is 16.4. The number of likely N-dealkylation sites (tertiary alicyclic amines) is 2. The lowest BCUT2D eigenvalue weighted by atomic mass is 9.95. The fraction of sp³-hybridized carbons (Fsp3) is 0.724. The van der Waals surface area contributed by atoms with Crippen molar-refractivity contribution in [2.24, 2.45) is 5.92 Å². The van der Waals surface area contributed by atoms with Crippen LogP contribution in [0.4, 0.5) is 5.82 Å². The number of methoxy groups -OCH3 is 1. The van der Waals surface area contributed by atoms with Crippen LogP contribution in [0.25, 0.3) is 21.3 Å². The van der Waals surface area contributed by atoms with Crippen molar-refractivity contribution < 1.29 is 9.47 Å². The Bertz CT molecular complexity index is 1180. The Labute approximate surface area is 231 Å². The number of rotatable bonds is 12. The van der Waals surface area contributed by atoms with Crippen LogP contribution >= 0.6 is 11.3 Å². The van der Waals surface area contributed by atoms with Gasteiger partial charge in [-0.3, -0.25) is 0 Å². The van der Waals surface area contributed by atoms with Gasteiger partial charge in [0, 0.05) is 31.5 Å². The molecule has 2 aliphatic rings. The van der Waals surface area contributed by atoms with Gasteiger partial charge in [-0.15, -0.1) is 11.3 Å². The fourth-order valence-electron chi connectivity index (χ4n) is 6.05. The number of fused-ring (bicyclic) bond motifs is 3. The molecular weight excluding hydrogens is 496 g/mol. The lowest BCUT2D eigenvalue weighted by molar-refractivity contribution is 0.0532. The van der Waals surface area contributed by atoms with Crippen LogP contribution in [0.2, 0.25) is 0 Å². The molecule has 0 spiro atoms. The van der Waals surface area contributed by atoms with E-state index >= 15 is 0 Å². The highest BCUT2D eigenvalue weighted by molar-refractivity contribution is 7.20. The van der Waals surface area contributed by atoms with Crippen LogP contribution in [-0.4, -0.2) is 91.0 Å². The number of thiophene rings is 1. The number of pyridine rings is 1. The minimum Gasteiger partial charge on any atom is -0.382 e. The van der Waals surface area contributed by atoms with E-state index in [4.69, 9.17) is 25.2 Å². The number of ether oxygens (including phenoxy) is 2. The second kappa shape index (κ2) is 13.0. The summed E-state index contributed by atoms with van der Waals surface area (Å²) in [7, 11) is 3.95. The molecule has 38 heavy (non-hydrogen) atoms. The van der Waals surface area contributed by atoms with Gasteiger partial charge >= 0.3 is 0 Å². The minimum atomic E-state index is 0.583. The molecule has 5 rings (SSSR count). The standard InChI is InChI=1S/C29H46N6O2S/c1-4-5-6-25-32-26-27(35(25)20-21-7-11-33(2)12-8-21)28-23(31-29(26)30)19-24(38-28)22-9-13-34(14-10-22)15-16-37-18-17-36-3/h19,21-22H,4-18,20H2,1-3H3,(H2,30,31). The van der Waals surface area contributed by atoms with Crippen molar-refractivity contribution in [3.05, 3.63) is 16.8 Å².